The van der Waals surface area contributed by atoms with Crippen molar-refractivity contribution in [3.63, 3.8) is 0 Å². The highest BCUT2D eigenvalue weighted by atomic mass is 79.9. The van der Waals surface area contributed by atoms with Crippen molar-refractivity contribution in [1.82, 2.24) is 9.55 Å². The first-order chi connectivity index (χ1) is 8.29. The molecule has 3 nitrogen and oxygen atoms in total. The van der Waals surface area contributed by atoms with Crippen LogP contribution < -0.4 is 0 Å². The van der Waals surface area contributed by atoms with Crippen molar-refractivity contribution in [1.29, 1.82) is 5.26 Å². The first-order valence-corrected chi connectivity index (χ1v) is 7.16. The standard InChI is InChI=1S/C12H10BrN3S/c13-10-5-4-9(17-10)12-8(7-14)16-6-2-1-3-11(16)15-12/h4-5H,1-3,6H2. The van der Waals surface area contributed by atoms with Gasteiger partial charge in [0, 0.05) is 13.0 Å². The first kappa shape index (κ1) is 11.0. The van der Waals surface area contributed by atoms with E-state index in [-0.39, 0.29) is 0 Å². The molecule has 2 aromatic rings. The Morgan fingerprint density at radius 1 is 1.41 bits per heavy atom. The van der Waals surface area contributed by atoms with E-state index in [1.807, 2.05) is 12.1 Å². The van der Waals surface area contributed by atoms with Crippen LogP contribution in [0.3, 0.4) is 0 Å². The summed E-state index contributed by atoms with van der Waals surface area (Å²) in [5.41, 5.74) is 1.56. The fourth-order valence-corrected chi connectivity index (χ4v) is 3.59. The van der Waals surface area contributed by atoms with E-state index in [4.69, 9.17) is 0 Å². The quantitative estimate of drug-likeness (QED) is 0.808. The van der Waals surface area contributed by atoms with Crippen LogP contribution in [0, 0.1) is 11.3 Å². The zero-order valence-electron chi connectivity index (χ0n) is 9.11. The summed E-state index contributed by atoms with van der Waals surface area (Å²) in [5.74, 6) is 1.06. The number of nitriles is 1. The van der Waals surface area contributed by atoms with Crippen LogP contribution in [0.4, 0.5) is 0 Å². The molecule has 0 radical (unpaired) electrons. The largest absolute Gasteiger partial charge is 0.319 e. The Kier molecular flexibility index (Phi) is 2.77. The maximum absolute atomic E-state index is 9.31. The molecular formula is C12H10BrN3S. The molecule has 17 heavy (non-hydrogen) atoms. The molecule has 0 amide bonds. The summed E-state index contributed by atoms with van der Waals surface area (Å²) in [6, 6.07) is 6.32. The number of imidazole rings is 1. The van der Waals surface area contributed by atoms with Crippen LogP contribution in [-0.2, 0) is 13.0 Å². The topological polar surface area (TPSA) is 41.6 Å². The lowest BCUT2D eigenvalue weighted by Gasteiger charge is -2.13. The molecular weight excluding hydrogens is 298 g/mol. The van der Waals surface area contributed by atoms with E-state index in [0.717, 1.165) is 39.6 Å². The number of hydrogen-bond acceptors (Lipinski definition) is 3. The van der Waals surface area contributed by atoms with Gasteiger partial charge < -0.3 is 4.57 Å². The van der Waals surface area contributed by atoms with Crippen LogP contribution in [0.25, 0.3) is 10.6 Å². The lowest BCUT2D eigenvalue weighted by atomic mass is 10.1. The van der Waals surface area contributed by atoms with Crippen molar-refractivity contribution in [2.45, 2.75) is 25.8 Å². The minimum atomic E-state index is 0.717. The van der Waals surface area contributed by atoms with E-state index in [1.54, 1.807) is 11.3 Å². The van der Waals surface area contributed by atoms with Crippen LogP contribution in [0.2, 0.25) is 0 Å². The van der Waals surface area contributed by atoms with Crippen LogP contribution in [0.5, 0.6) is 0 Å². The molecule has 5 heteroatoms. The number of aromatic nitrogens is 2. The van der Waals surface area contributed by atoms with Crippen LogP contribution in [0.15, 0.2) is 15.9 Å². The highest BCUT2D eigenvalue weighted by Gasteiger charge is 2.21. The van der Waals surface area contributed by atoms with Gasteiger partial charge in [0.15, 0.2) is 0 Å². The summed E-state index contributed by atoms with van der Waals surface area (Å²) in [4.78, 5) is 5.70. The molecule has 3 rings (SSSR count). The Bertz CT molecular complexity index is 606. The zero-order chi connectivity index (χ0) is 11.8. The Morgan fingerprint density at radius 3 is 3.00 bits per heavy atom. The summed E-state index contributed by atoms with van der Waals surface area (Å²) >= 11 is 5.07. The minimum absolute atomic E-state index is 0.717. The van der Waals surface area contributed by atoms with E-state index >= 15 is 0 Å². The SMILES string of the molecule is N#Cc1c(-c2ccc(Br)s2)nc2n1CCCC2. The molecule has 0 spiro atoms. The normalized spacial score (nSPS) is 14.4. The van der Waals surface area contributed by atoms with Gasteiger partial charge in [-0.3, -0.25) is 0 Å². The predicted octanol–water partition coefficient (Wildman–Crippen LogP) is 3.58. The zero-order valence-corrected chi connectivity index (χ0v) is 11.5. The maximum atomic E-state index is 9.31. The van der Waals surface area contributed by atoms with Crippen LogP contribution in [0.1, 0.15) is 24.4 Å². The molecule has 2 aromatic heterocycles. The summed E-state index contributed by atoms with van der Waals surface area (Å²) in [5, 5.41) is 9.31. The van der Waals surface area contributed by atoms with Gasteiger partial charge >= 0.3 is 0 Å². The number of fused-ring (bicyclic) bond motifs is 1. The highest BCUT2D eigenvalue weighted by molar-refractivity contribution is 9.11. The van der Waals surface area contributed by atoms with E-state index < -0.39 is 0 Å². The van der Waals surface area contributed by atoms with Gasteiger partial charge in [0.2, 0.25) is 0 Å². The molecule has 3 heterocycles. The van der Waals surface area contributed by atoms with Gasteiger partial charge in [-0.25, -0.2) is 4.98 Å². The number of hydrogen-bond donors (Lipinski definition) is 0. The maximum Gasteiger partial charge on any atom is 0.149 e. The smallest absolute Gasteiger partial charge is 0.149 e. The molecule has 0 fully saturated rings. The molecule has 86 valence electrons. The third-order valence-corrected chi connectivity index (χ3v) is 4.62. The third-order valence-electron chi connectivity index (χ3n) is 2.99. The van der Waals surface area contributed by atoms with Crippen molar-refractivity contribution in [3.05, 3.63) is 27.4 Å². The first-order valence-electron chi connectivity index (χ1n) is 5.55. The van der Waals surface area contributed by atoms with Crippen LogP contribution in [-0.4, -0.2) is 9.55 Å². The van der Waals surface area contributed by atoms with Crippen LogP contribution >= 0.6 is 27.3 Å². The average Bonchev–Trinajstić information content (AvgIpc) is 2.91. The van der Waals surface area contributed by atoms with Gasteiger partial charge in [-0.1, -0.05) is 0 Å². The molecule has 1 aliphatic heterocycles. The lowest BCUT2D eigenvalue weighted by Crippen LogP contribution is -2.11. The molecule has 0 aromatic carbocycles. The predicted molar refractivity (Wildman–Crippen MR) is 70.9 cm³/mol. The van der Waals surface area contributed by atoms with Gasteiger partial charge in [0.25, 0.3) is 0 Å². The number of nitrogens with zero attached hydrogens (tertiary/aromatic N) is 3. The highest BCUT2D eigenvalue weighted by Crippen LogP contribution is 2.34. The fourth-order valence-electron chi connectivity index (χ4n) is 2.21. The van der Waals surface area contributed by atoms with Crippen molar-refractivity contribution in [2.75, 3.05) is 0 Å². The average molecular weight is 308 g/mol. The Hall–Kier alpha value is -1.12. The molecule has 0 atom stereocenters. The van der Waals surface area contributed by atoms with Crippen molar-refractivity contribution >= 4 is 27.3 Å². The van der Waals surface area contributed by atoms with E-state index in [0.29, 0.717) is 5.69 Å². The molecule has 0 N–H and O–H groups in total. The second kappa shape index (κ2) is 4.28. The molecule has 0 saturated carbocycles. The Balaban J connectivity index is 2.17. The van der Waals surface area contributed by atoms with Gasteiger partial charge in [0.1, 0.15) is 23.3 Å². The van der Waals surface area contributed by atoms with Crippen molar-refractivity contribution in [3.8, 4) is 16.6 Å². The number of rotatable bonds is 1. The number of aryl methyl sites for hydroxylation is 1. The minimum Gasteiger partial charge on any atom is -0.319 e. The van der Waals surface area contributed by atoms with Gasteiger partial charge in [0.05, 0.1) is 8.66 Å². The summed E-state index contributed by atoms with van der Waals surface area (Å²) < 4.78 is 3.15. The Morgan fingerprint density at radius 2 is 2.29 bits per heavy atom. The summed E-state index contributed by atoms with van der Waals surface area (Å²) in [6.45, 7) is 0.928. The molecule has 0 unspecified atom stereocenters. The van der Waals surface area contributed by atoms with E-state index in [1.165, 1.54) is 6.42 Å². The van der Waals surface area contributed by atoms with Gasteiger partial charge in [-0.15, -0.1) is 11.3 Å². The van der Waals surface area contributed by atoms with Gasteiger partial charge in [-0.2, -0.15) is 5.26 Å². The fraction of sp³-hybridized carbons (Fsp3) is 0.333. The summed E-state index contributed by atoms with van der Waals surface area (Å²) in [6.07, 6.45) is 3.31. The second-order valence-electron chi connectivity index (χ2n) is 4.05. The monoisotopic (exact) mass is 307 g/mol. The molecule has 0 aliphatic carbocycles. The number of thiophene rings is 1. The molecule has 1 aliphatic rings. The summed E-state index contributed by atoms with van der Waals surface area (Å²) in [7, 11) is 0. The van der Waals surface area contributed by atoms with Gasteiger partial charge in [-0.05, 0) is 40.9 Å². The molecule has 0 saturated heterocycles. The van der Waals surface area contributed by atoms with Crippen molar-refractivity contribution in [2.24, 2.45) is 0 Å². The molecule has 0 bridgehead atoms. The number of halogens is 1. The lowest BCUT2D eigenvalue weighted by molar-refractivity contribution is 0.519. The van der Waals surface area contributed by atoms with E-state index in [9.17, 15) is 5.26 Å². The van der Waals surface area contributed by atoms with E-state index in [2.05, 4.69) is 31.6 Å². The second-order valence-corrected chi connectivity index (χ2v) is 6.51. The Labute approximate surface area is 112 Å². The van der Waals surface area contributed by atoms with Crippen molar-refractivity contribution < 1.29 is 0 Å². The third kappa shape index (κ3) is 1.81.